The van der Waals surface area contributed by atoms with Gasteiger partial charge in [-0.3, -0.25) is 0 Å². The summed E-state index contributed by atoms with van der Waals surface area (Å²) in [5, 5.41) is 11.8. The third-order valence-corrected chi connectivity index (χ3v) is 2.03. The van der Waals surface area contributed by atoms with Crippen molar-refractivity contribution in [3.8, 4) is 0 Å². The third-order valence-electron chi connectivity index (χ3n) is 2.03. The van der Waals surface area contributed by atoms with Crippen LogP contribution >= 0.6 is 0 Å². The minimum Gasteiger partial charge on any atom is -0.478 e. The van der Waals surface area contributed by atoms with Crippen LogP contribution in [0.15, 0.2) is 18.2 Å². The van der Waals surface area contributed by atoms with Gasteiger partial charge >= 0.3 is 5.97 Å². The molecule has 4 heteroatoms. The van der Waals surface area contributed by atoms with Crippen LogP contribution in [0.25, 0.3) is 0 Å². The molecule has 0 unspecified atom stereocenters. The number of nitrogens with one attached hydrogen (secondary N) is 1. The van der Waals surface area contributed by atoms with E-state index in [2.05, 4.69) is 5.32 Å². The number of hydrogen-bond donors (Lipinski definition) is 2. The fourth-order valence-electron chi connectivity index (χ4n) is 1.24. The Morgan fingerprint density at radius 1 is 1.53 bits per heavy atom. The van der Waals surface area contributed by atoms with Crippen molar-refractivity contribution in [2.24, 2.45) is 0 Å². The molecule has 2 N–H and O–H groups in total. The number of benzene rings is 1. The Labute approximate surface area is 87.9 Å². The van der Waals surface area contributed by atoms with E-state index in [-0.39, 0.29) is 11.4 Å². The van der Waals surface area contributed by atoms with E-state index in [0.717, 1.165) is 13.0 Å². The van der Waals surface area contributed by atoms with Gasteiger partial charge < -0.3 is 10.4 Å². The van der Waals surface area contributed by atoms with Crippen LogP contribution in [-0.4, -0.2) is 17.6 Å². The van der Waals surface area contributed by atoms with Crippen LogP contribution in [0.5, 0.6) is 0 Å². The number of carboxylic acids is 1. The average Bonchev–Trinajstić information content (AvgIpc) is 2.20. The number of aromatic carboxylic acids is 1. The topological polar surface area (TPSA) is 49.3 Å². The summed E-state index contributed by atoms with van der Waals surface area (Å²) in [6.45, 7) is 3.16. The minimum absolute atomic E-state index is 0.115. The second-order valence-electron chi connectivity index (χ2n) is 3.29. The van der Waals surface area contributed by atoms with Crippen LogP contribution < -0.4 is 5.32 Å². The lowest BCUT2D eigenvalue weighted by Crippen LogP contribution is -2.15. The first kappa shape index (κ1) is 11.7. The first-order chi connectivity index (χ1) is 7.15. The first-order valence-corrected chi connectivity index (χ1v) is 4.87. The molecule has 3 nitrogen and oxygen atoms in total. The summed E-state index contributed by atoms with van der Waals surface area (Å²) >= 11 is 0. The lowest BCUT2D eigenvalue weighted by molar-refractivity contribution is 0.0696. The highest BCUT2D eigenvalue weighted by molar-refractivity contribution is 5.87. The molecular weight excluding hydrogens is 197 g/mol. The lowest BCUT2D eigenvalue weighted by Gasteiger charge is -2.05. The normalized spacial score (nSPS) is 10.3. The van der Waals surface area contributed by atoms with Crippen molar-refractivity contribution in [3.63, 3.8) is 0 Å². The molecule has 0 bridgehead atoms. The van der Waals surface area contributed by atoms with Gasteiger partial charge in [0.15, 0.2) is 0 Å². The maximum absolute atomic E-state index is 13.2. The predicted molar refractivity (Wildman–Crippen MR) is 55.4 cm³/mol. The van der Waals surface area contributed by atoms with Gasteiger partial charge in [0.2, 0.25) is 0 Å². The van der Waals surface area contributed by atoms with E-state index in [1.165, 1.54) is 18.2 Å². The molecule has 1 aromatic carbocycles. The smallest absolute Gasteiger partial charge is 0.335 e. The highest BCUT2D eigenvalue weighted by atomic mass is 19.1. The summed E-state index contributed by atoms with van der Waals surface area (Å²) in [5.74, 6) is -1.41. The van der Waals surface area contributed by atoms with E-state index in [4.69, 9.17) is 5.11 Å². The van der Waals surface area contributed by atoms with E-state index in [0.29, 0.717) is 12.1 Å². The van der Waals surface area contributed by atoms with E-state index in [1.807, 2.05) is 6.92 Å². The zero-order valence-corrected chi connectivity index (χ0v) is 8.59. The zero-order chi connectivity index (χ0) is 11.3. The van der Waals surface area contributed by atoms with Gasteiger partial charge in [0.05, 0.1) is 5.56 Å². The van der Waals surface area contributed by atoms with Gasteiger partial charge in [-0.1, -0.05) is 6.92 Å². The van der Waals surface area contributed by atoms with Crippen LogP contribution in [0.1, 0.15) is 29.3 Å². The molecule has 0 radical (unpaired) electrons. The highest BCUT2D eigenvalue weighted by Crippen LogP contribution is 2.10. The molecule has 0 heterocycles. The summed E-state index contributed by atoms with van der Waals surface area (Å²) in [7, 11) is 0. The van der Waals surface area contributed by atoms with Gasteiger partial charge in [0.1, 0.15) is 5.82 Å². The van der Waals surface area contributed by atoms with Crippen LogP contribution in [0.2, 0.25) is 0 Å². The standard InChI is InChI=1S/C11H14FNO2/c1-2-5-13-7-9-6-8(11(14)15)3-4-10(9)12/h3-4,6,13H,2,5,7H2,1H3,(H,14,15). The molecule has 0 aromatic heterocycles. The number of halogens is 1. The zero-order valence-electron chi connectivity index (χ0n) is 8.59. The molecule has 0 fully saturated rings. The molecule has 0 saturated heterocycles. The van der Waals surface area contributed by atoms with Crippen molar-refractivity contribution < 1.29 is 14.3 Å². The molecule has 0 aliphatic rings. The van der Waals surface area contributed by atoms with Crippen molar-refractivity contribution in [1.82, 2.24) is 5.32 Å². The van der Waals surface area contributed by atoms with Gasteiger partial charge in [0, 0.05) is 12.1 Å². The minimum atomic E-state index is -1.04. The van der Waals surface area contributed by atoms with Gasteiger partial charge in [-0.25, -0.2) is 9.18 Å². The Hall–Kier alpha value is -1.42. The number of rotatable bonds is 5. The van der Waals surface area contributed by atoms with Crippen molar-refractivity contribution >= 4 is 5.97 Å². The summed E-state index contributed by atoms with van der Waals surface area (Å²) in [5.41, 5.74) is 0.507. The summed E-state index contributed by atoms with van der Waals surface area (Å²) < 4.78 is 13.2. The Kier molecular flexibility index (Phi) is 4.24. The summed E-state index contributed by atoms with van der Waals surface area (Å²) in [6, 6.07) is 3.81. The quantitative estimate of drug-likeness (QED) is 0.732. The van der Waals surface area contributed by atoms with Crippen molar-refractivity contribution in [3.05, 3.63) is 35.1 Å². The fraction of sp³-hybridized carbons (Fsp3) is 0.364. The average molecular weight is 211 g/mol. The van der Waals surface area contributed by atoms with Gasteiger partial charge in [0.25, 0.3) is 0 Å². The van der Waals surface area contributed by atoms with E-state index in [1.54, 1.807) is 0 Å². The van der Waals surface area contributed by atoms with Crippen molar-refractivity contribution in [2.75, 3.05) is 6.54 Å². The summed E-state index contributed by atoms with van der Waals surface area (Å²) in [6.07, 6.45) is 0.959. The molecule has 0 saturated carbocycles. The fourth-order valence-corrected chi connectivity index (χ4v) is 1.24. The molecular formula is C11H14FNO2. The van der Waals surface area contributed by atoms with E-state index < -0.39 is 5.97 Å². The second kappa shape index (κ2) is 5.46. The molecule has 0 atom stereocenters. The number of hydrogen-bond acceptors (Lipinski definition) is 2. The molecule has 0 spiro atoms. The summed E-state index contributed by atoms with van der Waals surface area (Å²) in [4.78, 5) is 10.7. The maximum Gasteiger partial charge on any atom is 0.335 e. The van der Waals surface area contributed by atoms with Crippen LogP contribution in [0, 0.1) is 5.82 Å². The molecule has 0 amide bonds. The third kappa shape index (κ3) is 3.32. The van der Waals surface area contributed by atoms with E-state index in [9.17, 15) is 9.18 Å². The predicted octanol–water partition coefficient (Wildman–Crippen LogP) is 2.02. The van der Waals surface area contributed by atoms with Gasteiger partial charge in [-0.05, 0) is 31.2 Å². The Morgan fingerprint density at radius 2 is 2.27 bits per heavy atom. The largest absolute Gasteiger partial charge is 0.478 e. The monoisotopic (exact) mass is 211 g/mol. The lowest BCUT2D eigenvalue weighted by atomic mass is 10.1. The van der Waals surface area contributed by atoms with Crippen LogP contribution in [-0.2, 0) is 6.54 Å². The van der Waals surface area contributed by atoms with Gasteiger partial charge in [-0.2, -0.15) is 0 Å². The van der Waals surface area contributed by atoms with Crippen molar-refractivity contribution in [2.45, 2.75) is 19.9 Å². The molecule has 82 valence electrons. The van der Waals surface area contributed by atoms with Crippen molar-refractivity contribution in [1.29, 1.82) is 0 Å². The molecule has 0 aliphatic heterocycles. The van der Waals surface area contributed by atoms with Crippen LogP contribution in [0.3, 0.4) is 0 Å². The Morgan fingerprint density at radius 3 is 2.87 bits per heavy atom. The SMILES string of the molecule is CCCNCc1cc(C(=O)O)ccc1F. The number of carboxylic acid groups (broad SMARTS) is 1. The van der Waals surface area contributed by atoms with Crippen LogP contribution in [0.4, 0.5) is 4.39 Å². The molecule has 15 heavy (non-hydrogen) atoms. The van der Waals surface area contributed by atoms with E-state index >= 15 is 0 Å². The Balaban J connectivity index is 2.76. The van der Waals surface area contributed by atoms with Gasteiger partial charge in [-0.15, -0.1) is 0 Å². The molecule has 0 aliphatic carbocycles. The second-order valence-corrected chi connectivity index (χ2v) is 3.29. The number of carbonyl (C=O) groups is 1. The first-order valence-electron chi connectivity index (χ1n) is 4.87. The highest BCUT2D eigenvalue weighted by Gasteiger charge is 2.07. The maximum atomic E-state index is 13.2. The molecule has 1 aromatic rings. The Bertz CT molecular complexity index is 352. The molecule has 1 rings (SSSR count).